The van der Waals surface area contributed by atoms with E-state index < -0.39 is 0 Å². The molecule has 2 atom stereocenters. The third kappa shape index (κ3) is 2.53. The molecule has 1 saturated heterocycles. The van der Waals surface area contributed by atoms with Crippen molar-refractivity contribution in [2.24, 2.45) is 5.92 Å². The highest BCUT2D eigenvalue weighted by molar-refractivity contribution is 7.09. The quantitative estimate of drug-likeness (QED) is 0.790. The predicted molar refractivity (Wildman–Crippen MR) is 59.5 cm³/mol. The maximum atomic E-state index is 4.30. The number of nitrogens with zero attached hydrogens (tertiary/aromatic N) is 1. The zero-order chi connectivity index (χ0) is 9.80. The molecule has 0 amide bonds. The molecule has 2 heterocycles. The molecule has 0 spiro atoms. The van der Waals surface area contributed by atoms with Gasteiger partial charge in [0.05, 0.1) is 6.04 Å². The van der Waals surface area contributed by atoms with Crippen LogP contribution in [0.4, 0.5) is 0 Å². The number of thiazole rings is 1. The number of nitrogens with one attached hydrogen (secondary N) is 2. The molecule has 2 N–H and O–H groups in total. The summed E-state index contributed by atoms with van der Waals surface area (Å²) in [5, 5.41) is 10.1. The van der Waals surface area contributed by atoms with Crippen LogP contribution in [0.5, 0.6) is 0 Å². The van der Waals surface area contributed by atoms with Crippen LogP contribution in [0.1, 0.15) is 24.4 Å². The van der Waals surface area contributed by atoms with E-state index in [0.717, 1.165) is 19.0 Å². The lowest BCUT2D eigenvalue weighted by Gasteiger charge is -2.14. The van der Waals surface area contributed by atoms with Gasteiger partial charge in [0.15, 0.2) is 0 Å². The standard InChI is InChI=1S/C10H17N3S/c1-8(10-12-4-5-14-10)13-7-9-2-3-11-6-9/h4-5,8-9,11,13H,2-3,6-7H2,1H3. The van der Waals surface area contributed by atoms with Crippen molar-refractivity contribution in [3.63, 3.8) is 0 Å². The number of rotatable bonds is 4. The van der Waals surface area contributed by atoms with Gasteiger partial charge in [0.25, 0.3) is 0 Å². The normalized spacial score (nSPS) is 23.9. The lowest BCUT2D eigenvalue weighted by molar-refractivity contribution is 0.469. The molecule has 14 heavy (non-hydrogen) atoms. The van der Waals surface area contributed by atoms with E-state index in [0.29, 0.717) is 6.04 Å². The summed E-state index contributed by atoms with van der Waals surface area (Å²) >= 11 is 1.72. The van der Waals surface area contributed by atoms with Gasteiger partial charge in [-0.3, -0.25) is 0 Å². The molecule has 1 aliphatic heterocycles. The van der Waals surface area contributed by atoms with Gasteiger partial charge in [0.1, 0.15) is 5.01 Å². The number of hydrogen-bond acceptors (Lipinski definition) is 4. The molecule has 0 saturated carbocycles. The molecule has 78 valence electrons. The smallest absolute Gasteiger partial charge is 0.109 e. The van der Waals surface area contributed by atoms with Gasteiger partial charge in [-0.05, 0) is 38.9 Å². The summed E-state index contributed by atoms with van der Waals surface area (Å²) in [6, 6.07) is 0.399. The van der Waals surface area contributed by atoms with Gasteiger partial charge >= 0.3 is 0 Å². The highest BCUT2D eigenvalue weighted by atomic mass is 32.1. The van der Waals surface area contributed by atoms with Gasteiger partial charge in [-0.1, -0.05) is 0 Å². The molecule has 0 aromatic carbocycles. The molecule has 3 nitrogen and oxygen atoms in total. The van der Waals surface area contributed by atoms with Gasteiger partial charge in [0, 0.05) is 11.6 Å². The molecule has 1 aromatic heterocycles. The van der Waals surface area contributed by atoms with Crippen LogP contribution in [-0.2, 0) is 0 Å². The van der Waals surface area contributed by atoms with E-state index in [1.54, 1.807) is 11.3 Å². The highest BCUT2D eigenvalue weighted by Gasteiger charge is 2.15. The van der Waals surface area contributed by atoms with Gasteiger partial charge < -0.3 is 10.6 Å². The third-order valence-electron chi connectivity index (χ3n) is 2.70. The second kappa shape index (κ2) is 4.87. The van der Waals surface area contributed by atoms with Crippen LogP contribution >= 0.6 is 11.3 Å². The molecule has 1 fully saturated rings. The summed E-state index contributed by atoms with van der Waals surface area (Å²) in [5.41, 5.74) is 0. The summed E-state index contributed by atoms with van der Waals surface area (Å²) in [4.78, 5) is 4.30. The topological polar surface area (TPSA) is 37.0 Å². The van der Waals surface area contributed by atoms with Crippen molar-refractivity contribution in [1.82, 2.24) is 15.6 Å². The van der Waals surface area contributed by atoms with Crippen molar-refractivity contribution in [2.45, 2.75) is 19.4 Å². The maximum absolute atomic E-state index is 4.30. The van der Waals surface area contributed by atoms with E-state index in [1.165, 1.54) is 18.0 Å². The van der Waals surface area contributed by atoms with E-state index in [4.69, 9.17) is 0 Å². The number of aromatic nitrogens is 1. The van der Waals surface area contributed by atoms with Crippen LogP contribution in [-0.4, -0.2) is 24.6 Å². The Morgan fingerprint density at radius 1 is 1.79 bits per heavy atom. The van der Waals surface area contributed by atoms with Crippen molar-refractivity contribution in [2.75, 3.05) is 19.6 Å². The molecule has 2 rings (SSSR count). The Labute approximate surface area is 88.9 Å². The van der Waals surface area contributed by atoms with Crippen LogP contribution in [0.3, 0.4) is 0 Å². The molecule has 0 radical (unpaired) electrons. The van der Waals surface area contributed by atoms with Gasteiger partial charge in [-0.15, -0.1) is 11.3 Å². The first-order valence-electron chi connectivity index (χ1n) is 5.20. The minimum Gasteiger partial charge on any atom is -0.316 e. The average molecular weight is 211 g/mol. The molecule has 0 bridgehead atoms. The van der Waals surface area contributed by atoms with Gasteiger partial charge in [-0.2, -0.15) is 0 Å². The second-order valence-corrected chi connectivity index (χ2v) is 4.79. The minimum atomic E-state index is 0.399. The lowest BCUT2D eigenvalue weighted by Crippen LogP contribution is -2.26. The molecular weight excluding hydrogens is 194 g/mol. The molecule has 0 aliphatic carbocycles. The summed E-state index contributed by atoms with van der Waals surface area (Å²) in [7, 11) is 0. The van der Waals surface area contributed by atoms with Crippen molar-refractivity contribution in [1.29, 1.82) is 0 Å². The molecule has 1 aromatic rings. The van der Waals surface area contributed by atoms with E-state index in [9.17, 15) is 0 Å². The lowest BCUT2D eigenvalue weighted by atomic mass is 10.1. The Hall–Kier alpha value is -0.450. The third-order valence-corrected chi connectivity index (χ3v) is 3.66. The van der Waals surface area contributed by atoms with E-state index in [-0.39, 0.29) is 0 Å². The SMILES string of the molecule is CC(NCC1CCNC1)c1nccs1. The van der Waals surface area contributed by atoms with Crippen LogP contribution in [0.2, 0.25) is 0 Å². The number of hydrogen-bond donors (Lipinski definition) is 2. The van der Waals surface area contributed by atoms with Crippen molar-refractivity contribution < 1.29 is 0 Å². The first-order chi connectivity index (χ1) is 6.86. The van der Waals surface area contributed by atoms with Gasteiger partial charge in [-0.25, -0.2) is 4.98 Å². The molecule has 2 unspecified atom stereocenters. The average Bonchev–Trinajstić information content (AvgIpc) is 2.87. The Balaban J connectivity index is 1.74. The summed E-state index contributed by atoms with van der Waals surface area (Å²) in [6.45, 7) is 5.63. The van der Waals surface area contributed by atoms with Crippen molar-refractivity contribution in [3.05, 3.63) is 16.6 Å². The fourth-order valence-corrected chi connectivity index (χ4v) is 2.44. The van der Waals surface area contributed by atoms with Crippen molar-refractivity contribution in [3.8, 4) is 0 Å². The molecule has 4 heteroatoms. The van der Waals surface area contributed by atoms with Crippen LogP contribution in [0, 0.1) is 5.92 Å². The second-order valence-electron chi connectivity index (χ2n) is 3.86. The van der Waals surface area contributed by atoms with Crippen molar-refractivity contribution >= 4 is 11.3 Å². The van der Waals surface area contributed by atoms with Crippen LogP contribution in [0.25, 0.3) is 0 Å². The van der Waals surface area contributed by atoms with E-state index in [1.807, 2.05) is 11.6 Å². The first-order valence-corrected chi connectivity index (χ1v) is 6.07. The van der Waals surface area contributed by atoms with Crippen LogP contribution < -0.4 is 10.6 Å². The van der Waals surface area contributed by atoms with E-state index in [2.05, 4.69) is 22.5 Å². The largest absolute Gasteiger partial charge is 0.316 e. The first kappa shape index (κ1) is 10.1. The summed E-state index contributed by atoms with van der Waals surface area (Å²) < 4.78 is 0. The monoisotopic (exact) mass is 211 g/mol. The predicted octanol–water partition coefficient (Wildman–Crippen LogP) is 1.40. The summed E-state index contributed by atoms with van der Waals surface area (Å²) in [5.74, 6) is 0.803. The van der Waals surface area contributed by atoms with Crippen LogP contribution in [0.15, 0.2) is 11.6 Å². The molecule has 1 aliphatic rings. The maximum Gasteiger partial charge on any atom is 0.109 e. The summed E-state index contributed by atoms with van der Waals surface area (Å²) in [6.07, 6.45) is 3.17. The minimum absolute atomic E-state index is 0.399. The fourth-order valence-electron chi connectivity index (χ4n) is 1.77. The Kier molecular flexibility index (Phi) is 3.50. The Morgan fingerprint density at radius 2 is 2.71 bits per heavy atom. The molecular formula is C10H17N3S. The Morgan fingerprint density at radius 3 is 3.36 bits per heavy atom. The Bertz CT molecular complexity index is 254. The zero-order valence-electron chi connectivity index (χ0n) is 8.49. The zero-order valence-corrected chi connectivity index (χ0v) is 9.31. The highest BCUT2D eigenvalue weighted by Crippen LogP contribution is 2.15. The van der Waals surface area contributed by atoms with Gasteiger partial charge in [0.2, 0.25) is 0 Å². The van der Waals surface area contributed by atoms with E-state index >= 15 is 0 Å². The fraction of sp³-hybridized carbons (Fsp3) is 0.700.